The molecule has 4 N–H and O–H groups in total. The van der Waals surface area contributed by atoms with Crippen LogP contribution in [-0.4, -0.2) is 16.7 Å². The van der Waals surface area contributed by atoms with E-state index in [4.69, 9.17) is 11.5 Å². The van der Waals surface area contributed by atoms with Crippen molar-refractivity contribution in [2.75, 3.05) is 6.54 Å². The zero-order valence-corrected chi connectivity index (χ0v) is 10.3. The molecule has 0 saturated carbocycles. The van der Waals surface area contributed by atoms with E-state index < -0.39 is 0 Å². The standard InChI is InChI=1S/C14H18N4/c15-9-1-2-13-7-8-14(18-17-13)12-5-3-11(10-16)4-6-12/h3-8H,1-2,9-10,15-16H2. The molecule has 0 bridgehead atoms. The zero-order valence-electron chi connectivity index (χ0n) is 10.3. The summed E-state index contributed by atoms with van der Waals surface area (Å²) in [6.07, 6.45) is 1.83. The summed E-state index contributed by atoms with van der Waals surface area (Å²) >= 11 is 0. The van der Waals surface area contributed by atoms with E-state index in [1.54, 1.807) is 0 Å². The molecule has 0 amide bonds. The predicted molar refractivity (Wildman–Crippen MR) is 72.7 cm³/mol. The van der Waals surface area contributed by atoms with Gasteiger partial charge >= 0.3 is 0 Å². The van der Waals surface area contributed by atoms with Gasteiger partial charge in [0.1, 0.15) is 0 Å². The van der Waals surface area contributed by atoms with E-state index in [-0.39, 0.29) is 0 Å². The number of benzene rings is 1. The van der Waals surface area contributed by atoms with Crippen LogP contribution in [0.1, 0.15) is 17.7 Å². The molecule has 0 radical (unpaired) electrons. The van der Waals surface area contributed by atoms with Gasteiger partial charge in [0, 0.05) is 12.1 Å². The number of aromatic nitrogens is 2. The summed E-state index contributed by atoms with van der Waals surface area (Å²) in [5, 5.41) is 8.44. The van der Waals surface area contributed by atoms with Crippen molar-refractivity contribution in [2.24, 2.45) is 11.5 Å². The van der Waals surface area contributed by atoms with Crippen molar-refractivity contribution in [3.8, 4) is 11.3 Å². The smallest absolute Gasteiger partial charge is 0.0929 e. The van der Waals surface area contributed by atoms with Crippen LogP contribution in [0.3, 0.4) is 0 Å². The fourth-order valence-corrected chi connectivity index (χ4v) is 1.74. The van der Waals surface area contributed by atoms with Crippen LogP contribution in [0.4, 0.5) is 0 Å². The van der Waals surface area contributed by atoms with Crippen molar-refractivity contribution in [1.29, 1.82) is 0 Å². The van der Waals surface area contributed by atoms with Gasteiger partial charge in [0.15, 0.2) is 0 Å². The molecule has 2 aromatic rings. The molecule has 1 aromatic heterocycles. The van der Waals surface area contributed by atoms with Crippen molar-refractivity contribution < 1.29 is 0 Å². The number of nitrogens with zero attached hydrogens (tertiary/aromatic N) is 2. The Balaban J connectivity index is 2.12. The monoisotopic (exact) mass is 242 g/mol. The highest BCUT2D eigenvalue weighted by Gasteiger charge is 2.01. The van der Waals surface area contributed by atoms with Gasteiger partial charge in [0.05, 0.1) is 11.4 Å². The third kappa shape index (κ3) is 3.12. The molecule has 18 heavy (non-hydrogen) atoms. The lowest BCUT2D eigenvalue weighted by Gasteiger charge is -2.03. The molecule has 4 heteroatoms. The minimum atomic E-state index is 0.560. The zero-order chi connectivity index (χ0) is 12.8. The Bertz CT molecular complexity index is 476. The third-order valence-electron chi connectivity index (χ3n) is 2.84. The van der Waals surface area contributed by atoms with Crippen molar-refractivity contribution in [3.63, 3.8) is 0 Å². The maximum atomic E-state index is 5.57. The molecule has 0 aliphatic rings. The normalized spacial score (nSPS) is 10.6. The van der Waals surface area contributed by atoms with Crippen LogP contribution in [0.15, 0.2) is 36.4 Å². The predicted octanol–water partition coefficient (Wildman–Crippen LogP) is 1.49. The minimum absolute atomic E-state index is 0.560. The van der Waals surface area contributed by atoms with Gasteiger partial charge in [-0.2, -0.15) is 10.2 Å². The van der Waals surface area contributed by atoms with Gasteiger partial charge in [-0.15, -0.1) is 0 Å². The number of rotatable bonds is 5. The minimum Gasteiger partial charge on any atom is -0.330 e. The first-order chi connectivity index (χ1) is 8.83. The maximum Gasteiger partial charge on any atom is 0.0929 e. The van der Waals surface area contributed by atoms with E-state index in [2.05, 4.69) is 10.2 Å². The van der Waals surface area contributed by atoms with E-state index in [9.17, 15) is 0 Å². The summed E-state index contributed by atoms with van der Waals surface area (Å²) in [6, 6.07) is 12.1. The Morgan fingerprint density at radius 1 is 0.889 bits per heavy atom. The van der Waals surface area contributed by atoms with Gasteiger partial charge in [-0.05, 0) is 37.1 Å². The average Bonchev–Trinajstić information content (AvgIpc) is 2.46. The second kappa shape index (κ2) is 6.23. The Labute approximate surface area is 107 Å². The number of aryl methyl sites for hydroxylation is 1. The molecule has 1 aromatic carbocycles. The number of hydrogen-bond acceptors (Lipinski definition) is 4. The summed E-state index contributed by atoms with van der Waals surface area (Å²) in [4.78, 5) is 0. The molecule has 0 unspecified atom stereocenters. The molecule has 2 rings (SSSR count). The van der Waals surface area contributed by atoms with E-state index in [0.29, 0.717) is 13.1 Å². The summed E-state index contributed by atoms with van der Waals surface area (Å²) in [6.45, 7) is 1.24. The lowest BCUT2D eigenvalue weighted by molar-refractivity contribution is 0.789. The van der Waals surface area contributed by atoms with Gasteiger partial charge in [-0.1, -0.05) is 24.3 Å². The first kappa shape index (κ1) is 12.7. The molecule has 0 saturated heterocycles. The fourth-order valence-electron chi connectivity index (χ4n) is 1.74. The van der Waals surface area contributed by atoms with Gasteiger partial charge in [0.25, 0.3) is 0 Å². The Kier molecular flexibility index (Phi) is 4.39. The molecule has 0 fully saturated rings. The SMILES string of the molecule is NCCCc1ccc(-c2ccc(CN)cc2)nn1. The lowest BCUT2D eigenvalue weighted by atomic mass is 10.1. The van der Waals surface area contributed by atoms with E-state index in [0.717, 1.165) is 35.4 Å². The van der Waals surface area contributed by atoms with Crippen LogP contribution in [0.5, 0.6) is 0 Å². The summed E-state index contributed by atoms with van der Waals surface area (Å²) in [7, 11) is 0. The fraction of sp³-hybridized carbons (Fsp3) is 0.286. The first-order valence-corrected chi connectivity index (χ1v) is 6.15. The summed E-state index contributed by atoms with van der Waals surface area (Å²) in [5.41, 5.74) is 15.1. The highest BCUT2D eigenvalue weighted by atomic mass is 15.1. The quantitative estimate of drug-likeness (QED) is 0.832. The number of hydrogen-bond donors (Lipinski definition) is 2. The Hall–Kier alpha value is -1.78. The van der Waals surface area contributed by atoms with Crippen molar-refractivity contribution in [3.05, 3.63) is 47.7 Å². The Morgan fingerprint density at radius 3 is 2.22 bits per heavy atom. The third-order valence-corrected chi connectivity index (χ3v) is 2.84. The molecule has 94 valence electrons. The second-order valence-electron chi connectivity index (χ2n) is 4.20. The van der Waals surface area contributed by atoms with Crippen LogP contribution in [0.25, 0.3) is 11.3 Å². The lowest BCUT2D eigenvalue weighted by Crippen LogP contribution is -2.02. The molecule has 0 spiro atoms. The maximum absolute atomic E-state index is 5.57. The molecule has 0 aliphatic carbocycles. The van der Waals surface area contributed by atoms with Crippen molar-refractivity contribution >= 4 is 0 Å². The van der Waals surface area contributed by atoms with Crippen LogP contribution in [0.2, 0.25) is 0 Å². The van der Waals surface area contributed by atoms with E-state index >= 15 is 0 Å². The molecular weight excluding hydrogens is 224 g/mol. The van der Waals surface area contributed by atoms with Crippen LogP contribution < -0.4 is 11.5 Å². The second-order valence-corrected chi connectivity index (χ2v) is 4.20. The topological polar surface area (TPSA) is 77.8 Å². The average molecular weight is 242 g/mol. The molecule has 0 atom stereocenters. The first-order valence-electron chi connectivity index (χ1n) is 6.15. The van der Waals surface area contributed by atoms with Gasteiger partial charge in [0.2, 0.25) is 0 Å². The van der Waals surface area contributed by atoms with Crippen LogP contribution in [0, 0.1) is 0 Å². The van der Waals surface area contributed by atoms with Gasteiger partial charge in [-0.3, -0.25) is 0 Å². The number of nitrogens with two attached hydrogens (primary N) is 2. The van der Waals surface area contributed by atoms with E-state index in [1.165, 1.54) is 0 Å². The molecular formula is C14H18N4. The summed E-state index contributed by atoms with van der Waals surface area (Å²) < 4.78 is 0. The van der Waals surface area contributed by atoms with Crippen molar-refractivity contribution in [1.82, 2.24) is 10.2 Å². The summed E-state index contributed by atoms with van der Waals surface area (Å²) in [5.74, 6) is 0. The van der Waals surface area contributed by atoms with Gasteiger partial charge in [-0.25, -0.2) is 0 Å². The van der Waals surface area contributed by atoms with Crippen LogP contribution >= 0.6 is 0 Å². The highest BCUT2D eigenvalue weighted by Crippen LogP contribution is 2.16. The molecule has 4 nitrogen and oxygen atoms in total. The van der Waals surface area contributed by atoms with Gasteiger partial charge < -0.3 is 11.5 Å². The molecule has 0 aliphatic heterocycles. The Morgan fingerprint density at radius 2 is 1.67 bits per heavy atom. The van der Waals surface area contributed by atoms with Crippen LogP contribution in [-0.2, 0) is 13.0 Å². The van der Waals surface area contributed by atoms with E-state index in [1.807, 2.05) is 36.4 Å². The largest absolute Gasteiger partial charge is 0.330 e. The molecule has 1 heterocycles. The highest BCUT2D eigenvalue weighted by molar-refractivity contribution is 5.58. The van der Waals surface area contributed by atoms with Crippen molar-refractivity contribution in [2.45, 2.75) is 19.4 Å².